The molecule has 0 saturated heterocycles. The fourth-order valence-corrected chi connectivity index (χ4v) is 1.95. The Balaban J connectivity index is 3.54. The summed E-state index contributed by atoms with van der Waals surface area (Å²) in [7, 11) is -3.85. The number of hydrogen-bond donors (Lipinski definition) is 0. The Morgan fingerprint density at radius 1 is 1.31 bits per heavy atom. The molecule has 0 bridgehead atoms. The highest BCUT2D eigenvalue weighted by molar-refractivity contribution is 7.90. The molecule has 0 heterocycles. The Labute approximate surface area is 90.0 Å². The number of alkyl halides is 3. The second-order valence-electron chi connectivity index (χ2n) is 3.09. The van der Waals surface area contributed by atoms with Gasteiger partial charge in [0.1, 0.15) is 6.07 Å². The smallest absolute Gasteiger partial charge is 0.224 e. The molecule has 1 aromatic carbocycles. The maximum absolute atomic E-state index is 12.3. The molecule has 0 N–H and O–H groups in total. The van der Waals surface area contributed by atoms with Crippen molar-refractivity contribution in [3.05, 3.63) is 29.3 Å². The molecule has 0 unspecified atom stereocenters. The third-order valence-corrected chi connectivity index (χ3v) is 2.97. The Kier molecular flexibility index (Phi) is 2.97. The molecule has 16 heavy (non-hydrogen) atoms. The quantitative estimate of drug-likeness (QED) is 0.764. The van der Waals surface area contributed by atoms with Crippen molar-refractivity contribution in [2.75, 3.05) is 6.26 Å². The Morgan fingerprint density at radius 3 is 2.25 bits per heavy atom. The lowest BCUT2D eigenvalue weighted by Crippen LogP contribution is -2.08. The summed E-state index contributed by atoms with van der Waals surface area (Å²) >= 11 is 0. The molecule has 0 saturated carbocycles. The number of hydrogen-bond acceptors (Lipinski definition) is 3. The molecule has 0 aliphatic heterocycles. The van der Waals surface area contributed by atoms with Gasteiger partial charge >= 0.3 is 6.18 Å². The minimum absolute atomic E-state index is 0.296. The van der Waals surface area contributed by atoms with Crippen LogP contribution in [0.4, 0.5) is 13.2 Å². The predicted octanol–water partition coefficient (Wildman–Crippen LogP) is 1.98. The molecule has 0 aromatic heterocycles. The highest BCUT2D eigenvalue weighted by Crippen LogP contribution is 2.31. The molecule has 7 heteroatoms. The van der Waals surface area contributed by atoms with E-state index in [1.807, 2.05) is 0 Å². The maximum atomic E-state index is 12.3. The third kappa shape index (κ3) is 2.52. The molecule has 86 valence electrons. The van der Waals surface area contributed by atoms with E-state index in [0.29, 0.717) is 12.1 Å². The van der Waals surface area contributed by atoms with Gasteiger partial charge in [0.05, 0.1) is 16.0 Å². The normalized spacial score (nSPS) is 12.2. The Bertz CT molecular complexity index is 555. The molecule has 0 spiro atoms. The van der Waals surface area contributed by atoms with Crippen LogP contribution in [0, 0.1) is 11.3 Å². The largest absolute Gasteiger partial charge is 0.416 e. The van der Waals surface area contributed by atoms with Crippen LogP contribution >= 0.6 is 0 Å². The second kappa shape index (κ2) is 3.79. The van der Waals surface area contributed by atoms with Crippen molar-refractivity contribution in [3.63, 3.8) is 0 Å². The average Bonchev–Trinajstić information content (AvgIpc) is 2.14. The Hall–Kier alpha value is -1.55. The monoisotopic (exact) mass is 249 g/mol. The molecule has 0 fully saturated rings. The van der Waals surface area contributed by atoms with Gasteiger partial charge in [-0.25, -0.2) is 8.42 Å². The van der Waals surface area contributed by atoms with Crippen molar-refractivity contribution >= 4 is 9.84 Å². The molecule has 0 atom stereocenters. The van der Waals surface area contributed by atoms with Gasteiger partial charge in [-0.2, -0.15) is 18.4 Å². The fraction of sp³-hybridized carbons (Fsp3) is 0.222. The minimum atomic E-state index is -4.63. The predicted molar refractivity (Wildman–Crippen MR) is 49.3 cm³/mol. The highest BCUT2D eigenvalue weighted by atomic mass is 32.2. The molecule has 1 aromatic rings. The lowest BCUT2D eigenvalue weighted by Gasteiger charge is -2.08. The third-order valence-electron chi connectivity index (χ3n) is 1.83. The van der Waals surface area contributed by atoms with Gasteiger partial charge in [-0.15, -0.1) is 0 Å². The SMILES string of the molecule is CS(=O)(=O)c1cc(C(F)(F)F)ccc1C#N. The van der Waals surface area contributed by atoms with Crippen LogP contribution in [0.1, 0.15) is 11.1 Å². The van der Waals surface area contributed by atoms with Crippen LogP contribution in [-0.4, -0.2) is 14.7 Å². The Morgan fingerprint density at radius 2 is 1.88 bits per heavy atom. The van der Waals surface area contributed by atoms with E-state index in [4.69, 9.17) is 5.26 Å². The van der Waals surface area contributed by atoms with Crippen molar-refractivity contribution in [3.8, 4) is 6.07 Å². The van der Waals surface area contributed by atoms with Gasteiger partial charge in [0.25, 0.3) is 0 Å². The molecule has 0 aliphatic rings. The zero-order chi connectivity index (χ0) is 12.6. The van der Waals surface area contributed by atoms with Crippen LogP contribution in [-0.2, 0) is 16.0 Å². The molecule has 0 aliphatic carbocycles. The first-order valence-corrected chi connectivity index (χ1v) is 5.87. The first kappa shape index (κ1) is 12.5. The van der Waals surface area contributed by atoms with Crippen LogP contribution in [0.3, 0.4) is 0 Å². The number of nitriles is 1. The summed E-state index contributed by atoms with van der Waals surface area (Å²) in [6.07, 6.45) is -3.88. The van der Waals surface area contributed by atoms with Crippen molar-refractivity contribution < 1.29 is 21.6 Å². The van der Waals surface area contributed by atoms with E-state index in [1.54, 1.807) is 0 Å². The first-order valence-electron chi connectivity index (χ1n) is 3.97. The number of rotatable bonds is 1. The number of benzene rings is 1. The fourth-order valence-electron chi connectivity index (χ4n) is 1.10. The van der Waals surface area contributed by atoms with Gasteiger partial charge in [-0.3, -0.25) is 0 Å². The van der Waals surface area contributed by atoms with Crippen LogP contribution in [0.15, 0.2) is 23.1 Å². The van der Waals surface area contributed by atoms with Crippen LogP contribution in [0.2, 0.25) is 0 Å². The zero-order valence-electron chi connectivity index (χ0n) is 8.04. The van der Waals surface area contributed by atoms with E-state index in [0.717, 1.165) is 12.3 Å². The van der Waals surface area contributed by atoms with Gasteiger partial charge in [0.15, 0.2) is 9.84 Å². The van der Waals surface area contributed by atoms with Crippen molar-refractivity contribution in [2.45, 2.75) is 11.1 Å². The van der Waals surface area contributed by atoms with Crippen LogP contribution < -0.4 is 0 Å². The second-order valence-corrected chi connectivity index (χ2v) is 5.08. The van der Waals surface area contributed by atoms with Gasteiger partial charge in [-0.05, 0) is 18.2 Å². The van der Waals surface area contributed by atoms with Crippen LogP contribution in [0.25, 0.3) is 0 Å². The van der Waals surface area contributed by atoms with E-state index in [2.05, 4.69) is 0 Å². The molecular weight excluding hydrogens is 243 g/mol. The molecule has 0 radical (unpaired) electrons. The molecule has 3 nitrogen and oxygen atoms in total. The highest BCUT2D eigenvalue weighted by Gasteiger charge is 2.32. The molecule has 0 amide bonds. The summed E-state index contributed by atoms with van der Waals surface area (Å²) in [5.74, 6) is 0. The van der Waals surface area contributed by atoms with E-state index in [-0.39, 0.29) is 5.56 Å². The standard InChI is InChI=1S/C9H6F3NO2S/c1-16(14,15)8-4-7(9(10,11)12)3-2-6(8)5-13/h2-4H,1H3. The van der Waals surface area contributed by atoms with Crippen molar-refractivity contribution in [1.29, 1.82) is 5.26 Å². The zero-order valence-corrected chi connectivity index (χ0v) is 8.85. The number of sulfone groups is 1. The topological polar surface area (TPSA) is 57.9 Å². The van der Waals surface area contributed by atoms with Crippen molar-refractivity contribution in [1.82, 2.24) is 0 Å². The van der Waals surface area contributed by atoms with Gasteiger partial charge in [0.2, 0.25) is 0 Å². The number of halogens is 3. The van der Waals surface area contributed by atoms with Crippen LogP contribution in [0.5, 0.6) is 0 Å². The molecule has 1 rings (SSSR count). The number of nitrogens with zero attached hydrogens (tertiary/aromatic N) is 1. The minimum Gasteiger partial charge on any atom is -0.224 e. The first-order chi connectivity index (χ1) is 7.16. The summed E-state index contributed by atoms with van der Waals surface area (Å²) in [6, 6.07) is 3.52. The van der Waals surface area contributed by atoms with Gasteiger partial charge in [-0.1, -0.05) is 0 Å². The lowest BCUT2D eigenvalue weighted by atomic mass is 10.1. The summed E-state index contributed by atoms with van der Waals surface area (Å²) in [5, 5.41) is 8.58. The summed E-state index contributed by atoms with van der Waals surface area (Å²) < 4.78 is 59.3. The summed E-state index contributed by atoms with van der Waals surface area (Å²) in [6.45, 7) is 0. The summed E-state index contributed by atoms with van der Waals surface area (Å²) in [5.41, 5.74) is -1.39. The summed E-state index contributed by atoms with van der Waals surface area (Å²) in [4.78, 5) is -0.607. The van der Waals surface area contributed by atoms with Gasteiger partial charge in [0, 0.05) is 6.26 Å². The van der Waals surface area contributed by atoms with E-state index >= 15 is 0 Å². The van der Waals surface area contributed by atoms with E-state index < -0.39 is 26.5 Å². The average molecular weight is 249 g/mol. The van der Waals surface area contributed by atoms with Gasteiger partial charge < -0.3 is 0 Å². The van der Waals surface area contributed by atoms with E-state index in [1.165, 1.54) is 6.07 Å². The maximum Gasteiger partial charge on any atom is 0.416 e. The van der Waals surface area contributed by atoms with Crippen molar-refractivity contribution in [2.24, 2.45) is 0 Å². The van der Waals surface area contributed by atoms with E-state index in [9.17, 15) is 21.6 Å². The lowest BCUT2D eigenvalue weighted by molar-refractivity contribution is -0.137. The molecular formula is C9H6F3NO2S.